The van der Waals surface area contributed by atoms with Crippen molar-refractivity contribution in [3.05, 3.63) is 54.1 Å². The van der Waals surface area contributed by atoms with Crippen molar-refractivity contribution < 1.29 is 23.8 Å². The first-order valence-electron chi connectivity index (χ1n) is 8.89. The Bertz CT molecular complexity index is 792. The highest BCUT2D eigenvalue weighted by atomic mass is 16.5. The molecule has 0 aliphatic rings. The molecule has 0 aromatic heterocycles. The standard InChI is InChI=1S/C21H26N2O5/c1-15(21(25)22-2)23(13-16-6-5-7-19(12-16)27-4)20(24)14-28-18-10-8-17(26-3)9-11-18/h5-12,15H,13-14H2,1-4H3,(H,22,25)/t15-/m1/s1. The fourth-order valence-electron chi connectivity index (χ4n) is 2.66. The van der Waals surface area contributed by atoms with E-state index in [0.29, 0.717) is 17.2 Å². The molecule has 7 heteroatoms. The fraction of sp³-hybridized carbons (Fsp3) is 0.333. The number of benzene rings is 2. The zero-order valence-corrected chi connectivity index (χ0v) is 16.6. The maximum atomic E-state index is 12.8. The van der Waals surface area contributed by atoms with Crippen LogP contribution in [0.15, 0.2) is 48.5 Å². The molecule has 0 aliphatic carbocycles. The van der Waals surface area contributed by atoms with E-state index in [4.69, 9.17) is 14.2 Å². The Labute approximate surface area is 165 Å². The van der Waals surface area contributed by atoms with Crippen LogP contribution in [0.3, 0.4) is 0 Å². The number of likely N-dealkylation sites (N-methyl/N-ethyl adjacent to an activating group) is 1. The summed E-state index contributed by atoms with van der Waals surface area (Å²) in [4.78, 5) is 26.4. The molecule has 0 aliphatic heterocycles. The van der Waals surface area contributed by atoms with E-state index in [1.54, 1.807) is 52.5 Å². The monoisotopic (exact) mass is 386 g/mol. The van der Waals surface area contributed by atoms with E-state index < -0.39 is 6.04 Å². The number of carbonyl (C=O) groups excluding carboxylic acids is 2. The smallest absolute Gasteiger partial charge is 0.261 e. The number of hydrogen-bond acceptors (Lipinski definition) is 5. The first-order chi connectivity index (χ1) is 13.5. The van der Waals surface area contributed by atoms with Crippen molar-refractivity contribution in [1.82, 2.24) is 10.2 Å². The predicted octanol–water partition coefficient (Wildman–Crippen LogP) is 2.25. The van der Waals surface area contributed by atoms with Crippen LogP contribution in [0.2, 0.25) is 0 Å². The highest BCUT2D eigenvalue weighted by molar-refractivity contribution is 5.87. The largest absolute Gasteiger partial charge is 0.497 e. The first-order valence-corrected chi connectivity index (χ1v) is 8.89. The average Bonchev–Trinajstić information content (AvgIpc) is 2.75. The van der Waals surface area contributed by atoms with Crippen molar-refractivity contribution in [3.63, 3.8) is 0 Å². The molecule has 0 fully saturated rings. The highest BCUT2D eigenvalue weighted by Crippen LogP contribution is 2.18. The van der Waals surface area contributed by atoms with Crippen LogP contribution in [0, 0.1) is 0 Å². The van der Waals surface area contributed by atoms with Crippen LogP contribution in [0.4, 0.5) is 0 Å². The molecule has 0 radical (unpaired) electrons. The van der Waals surface area contributed by atoms with Crippen LogP contribution >= 0.6 is 0 Å². The van der Waals surface area contributed by atoms with E-state index in [2.05, 4.69) is 5.32 Å². The van der Waals surface area contributed by atoms with Gasteiger partial charge in [-0.05, 0) is 48.9 Å². The zero-order chi connectivity index (χ0) is 20.5. The molecular weight excluding hydrogens is 360 g/mol. The second-order valence-electron chi connectivity index (χ2n) is 6.13. The van der Waals surface area contributed by atoms with E-state index in [-0.39, 0.29) is 25.0 Å². The van der Waals surface area contributed by atoms with Gasteiger partial charge in [-0.15, -0.1) is 0 Å². The minimum Gasteiger partial charge on any atom is -0.497 e. The van der Waals surface area contributed by atoms with E-state index >= 15 is 0 Å². The molecule has 2 aromatic carbocycles. The molecule has 1 atom stereocenters. The third-order valence-corrected chi connectivity index (χ3v) is 4.32. The SMILES string of the molecule is CNC(=O)[C@@H](C)N(Cc1cccc(OC)c1)C(=O)COc1ccc(OC)cc1. The molecule has 28 heavy (non-hydrogen) atoms. The molecule has 0 heterocycles. The van der Waals surface area contributed by atoms with E-state index in [1.807, 2.05) is 24.3 Å². The Balaban J connectivity index is 2.12. The van der Waals surface area contributed by atoms with Crippen LogP contribution < -0.4 is 19.5 Å². The van der Waals surface area contributed by atoms with Crippen LogP contribution in [0.5, 0.6) is 17.2 Å². The Morgan fingerprint density at radius 1 is 1.00 bits per heavy atom. The summed E-state index contributed by atoms with van der Waals surface area (Å²) in [6.07, 6.45) is 0. The number of methoxy groups -OCH3 is 2. The molecular formula is C21H26N2O5. The van der Waals surface area contributed by atoms with E-state index in [9.17, 15) is 9.59 Å². The number of ether oxygens (including phenoxy) is 3. The third-order valence-electron chi connectivity index (χ3n) is 4.32. The molecule has 0 bridgehead atoms. The van der Waals surface area contributed by atoms with Crippen molar-refractivity contribution >= 4 is 11.8 Å². The van der Waals surface area contributed by atoms with Gasteiger partial charge >= 0.3 is 0 Å². The lowest BCUT2D eigenvalue weighted by molar-refractivity contribution is -0.142. The van der Waals surface area contributed by atoms with Crippen LogP contribution in [-0.4, -0.2) is 50.6 Å². The third kappa shape index (κ3) is 5.64. The summed E-state index contributed by atoms with van der Waals surface area (Å²) < 4.78 is 15.9. The summed E-state index contributed by atoms with van der Waals surface area (Å²) in [6, 6.07) is 13.7. The first kappa shape index (κ1) is 21.1. The van der Waals surface area contributed by atoms with Gasteiger partial charge in [-0.3, -0.25) is 9.59 Å². The zero-order valence-electron chi connectivity index (χ0n) is 16.6. The summed E-state index contributed by atoms with van der Waals surface area (Å²) in [5, 5.41) is 2.58. The fourth-order valence-corrected chi connectivity index (χ4v) is 2.66. The topological polar surface area (TPSA) is 77.1 Å². The normalized spacial score (nSPS) is 11.3. The molecule has 0 saturated carbocycles. The summed E-state index contributed by atoms with van der Waals surface area (Å²) in [5.41, 5.74) is 0.855. The van der Waals surface area contributed by atoms with Crippen molar-refractivity contribution in [1.29, 1.82) is 0 Å². The van der Waals surface area contributed by atoms with Gasteiger partial charge in [0.05, 0.1) is 14.2 Å². The molecule has 7 nitrogen and oxygen atoms in total. The van der Waals surface area contributed by atoms with Crippen LogP contribution in [0.1, 0.15) is 12.5 Å². The molecule has 150 valence electrons. The van der Waals surface area contributed by atoms with Crippen molar-refractivity contribution in [2.45, 2.75) is 19.5 Å². The van der Waals surface area contributed by atoms with E-state index in [0.717, 1.165) is 5.56 Å². The van der Waals surface area contributed by atoms with Crippen molar-refractivity contribution in [2.24, 2.45) is 0 Å². The second-order valence-corrected chi connectivity index (χ2v) is 6.13. The maximum absolute atomic E-state index is 12.8. The number of nitrogens with zero attached hydrogens (tertiary/aromatic N) is 1. The lowest BCUT2D eigenvalue weighted by Gasteiger charge is -2.28. The minimum atomic E-state index is -0.650. The summed E-state index contributed by atoms with van der Waals surface area (Å²) in [5.74, 6) is 1.39. The predicted molar refractivity (Wildman–Crippen MR) is 106 cm³/mol. The van der Waals surface area contributed by atoms with Gasteiger partial charge in [-0.1, -0.05) is 12.1 Å². The summed E-state index contributed by atoms with van der Waals surface area (Å²) in [7, 11) is 4.70. The van der Waals surface area contributed by atoms with Crippen LogP contribution in [0.25, 0.3) is 0 Å². The van der Waals surface area contributed by atoms with Gasteiger partial charge in [0.15, 0.2) is 6.61 Å². The molecule has 2 amide bonds. The lowest BCUT2D eigenvalue weighted by atomic mass is 10.1. The number of nitrogens with one attached hydrogen (secondary N) is 1. The van der Waals surface area contributed by atoms with Gasteiger partial charge in [-0.2, -0.15) is 0 Å². The molecule has 0 spiro atoms. The number of amides is 2. The molecule has 0 unspecified atom stereocenters. The highest BCUT2D eigenvalue weighted by Gasteiger charge is 2.26. The van der Waals surface area contributed by atoms with Gasteiger partial charge in [0.25, 0.3) is 5.91 Å². The van der Waals surface area contributed by atoms with Gasteiger partial charge in [-0.25, -0.2) is 0 Å². The Hall–Kier alpha value is -3.22. The van der Waals surface area contributed by atoms with Crippen LogP contribution in [-0.2, 0) is 16.1 Å². The van der Waals surface area contributed by atoms with Gasteiger partial charge < -0.3 is 24.4 Å². The molecule has 1 N–H and O–H groups in total. The summed E-state index contributed by atoms with van der Waals surface area (Å²) >= 11 is 0. The van der Waals surface area contributed by atoms with E-state index in [1.165, 1.54) is 4.90 Å². The van der Waals surface area contributed by atoms with Gasteiger partial charge in [0.2, 0.25) is 5.91 Å². The number of hydrogen-bond donors (Lipinski definition) is 1. The number of rotatable bonds is 9. The maximum Gasteiger partial charge on any atom is 0.261 e. The summed E-state index contributed by atoms with van der Waals surface area (Å²) in [6.45, 7) is 1.76. The van der Waals surface area contributed by atoms with Crippen molar-refractivity contribution in [3.8, 4) is 17.2 Å². The second kappa shape index (κ2) is 10.2. The minimum absolute atomic E-state index is 0.183. The average molecular weight is 386 g/mol. The molecule has 0 saturated heterocycles. The van der Waals surface area contributed by atoms with Gasteiger partial charge in [0.1, 0.15) is 23.3 Å². The quantitative estimate of drug-likeness (QED) is 0.715. The molecule has 2 aromatic rings. The van der Waals surface area contributed by atoms with Gasteiger partial charge in [0, 0.05) is 13.6 Å². The number of carbonyl (C=O) groups is 2. The molecule has 2 rings (SSSR count). The van der Waals surface area contributed by atoms with Crippen molar-refractivity contribution in [2.75, 3.05) is 27.9 Å². The lowest BCUT2D eigenvalue weighted by Crippen LogP contribution is -2.48. The Kier molecular flexibility index (Phi) is 7.68. The Morgan fingerprint density at radius 2 is 1.64 bits per heavy atom. The Morgan fingerprint density at radius 3 is 2.25 bits per heavy atom.